The maximum atomic E-state index is 11.3. The van der Waals surface area contributed by atoms with Crippen LogP contribution in [0.25, 0.3) is 0 Å². The lowest BCUT2D eigenvalue weighted by molar-refractivity contribution is -0.122. The van der Waals surface area contributed by atoms with E-state index in [0.29, 0.717) is 23.9 Å². The molecule has 0 aromatic carbocycles. The average Bonchev–Trinajstić information content (AvgIpc) is 2.19. The molecule has 0 atom stereocenters. The molecular weight excluding hydrogens is 228 g/mol. The highest BCUT2D eigenvalue weighted by Gasteiger charge is 2.05. The van der Waals surface area contributed by atoms with Gasteiger partial charge in [0.15, 0.2) is 10.9 Å². The lowest BCUT2D eigenvalue weighted by Gasteiger charge is -2.09. The van der Waals surface area contributed by atoms with E-state index in [1.165, 1.54) is 0 Å². The first-order valence-corrected chi connectivity index (χ1v) is 5.50. The Hall–Kier alpha value is -1.29. The van der Waals surface area contributed by atoms with E-state index in [1.54, 1.807) is 18.3 Å². The zero-order valence-electron chi connectivity index (χ0n) is 9.37. The third-order valence-electron chi connectivity index (χ3n) is 1.76. The van der Waals surface area contributed by atoms with Gasteiger partial charge in [0.05, 0.1) is 13.0 Å². The Labute approximate surface area is 100.0 Å². The van der Waals surface area contributed by atoms with Gasteiger partial charge < -0.3 is 10.1 Å². The van der Waals surface area contributed by atoms with Gasteiger partial charge in [-0.2, -0.15) is 0 Å². The summed E-state index contributed by atoms with van der Waals surface area (Å²) in [4.78, 5) is 15.2. The first kappa shape index (κ1) is 12.8. The third kappa shape index (κ3) is 4.49. The quantitative estimate of drug-likeness (QED) is 0.804. The van der Waals surface area contributed by atoms with Crippen LogP contribution >= 0.6 is 11.6 Å². The van der Waals surface area contributed by atoms with E-state index >= 15 is 0 Å². The molecule has 0 aliphatic carbocycles. The number of halogens is 1. The van der Waals surface area contributed by atoms with Crippen molar-refractivity contribution in [2.45, 2.75) is 26.3 Å². The summed E-state index contributed by atoms with van der Waals surface area (Å²) in [5.74, 6) is 0.469. The highest BCUT2D eigenvalue weighted by atomic mass is 35.5. The van der Waals surface area contributed by atoms with Crippen molar-refractivity contribution in [2.24, 2.45) is 0 Å². The third-order valence-corrected chi connectivity index (χ3v) is 2.05. The van der Waals surface area contributed by atoms with Crippen LogP contribution in [0.2, 0.25) is 5.15 Å². The van der Waals surface area contributed by atoms with Crippen molar-refractivity contribution >= 4 is 17.5 Å². The predicted molar refractivity (Wildman–Crippen MR) is 62.6 cm³/mol. The number of pyridine rings is 1. The van der Waals surface area contributed by atoms with Gasteiger partial charge in [-0.15, -0.1) is 0 Å². The normalized spacial score (nSPS) is 10.2. The minimum Gasteiger partial charge on any atom is -0.490 e. The van der Waals surface area contributed by atoms with Crippen LogP contribution in [0.4, 0.5) is 0 Å². The minimum absolute atomic E-state index is 0.0324. The van der Waals surface area contributed by atoms with E-state index in [0.717, 1.165) is 0 Å². The van der Waals surface area contributed by atoms with Crippen LogP contribution in [-0.2, 0) is 4.79 Å². The first-order valence-electron chi connectivity index (χ1n) is 5.12. The van der Waals surface area contributed by atoms with Gasteiger partial charge in [0, 0.05) is 12.2 Å². The monoisotopic (exact) mass is 242 g/mol. The molecule has 0 saturated heterocycles. The van der Waals surface area contributed by atoms with E-state index in [9.17, 15) is 4.79 Å². The largest absolute Gasteiger partial charge is 0.490 e. The van der Waals surface area contributed by atoms with Crippen LogP contribution in [-0.4, -0.2) is 23.5 Å². The van der Waals surface area contributed by atoms with E-state index in [2.05, 4.69) is 10.3 Å². The second kappa shape index (κ2) is 6.33. The summed E-state index contributed by atoms with van der Waals surface area (Å²) >= 11 is 5.79. The molecule has 0 fully saturated rings. The molecule has 0 aliphatic rings. The Kier molecular flexibility index (Phi) is 5.05. The minimum atomic E-state index is -0.0324. The van der Waals surface area contributed by atoms with Crippen LogP contribution in [0.15, 0.2) is 18.3 Å². The summed E-state index contributed by atoms with van der Waals surface area (Å²) < 4.78 is 5.33. The number of carbonyl (C=O) groups is 1. The highest BCUT2D eigenvalue weighted by Crippen LogP contribution is 2.20. The lowest BCUT2D eigenvalue weighted by Crippen LogP contribution is -2.31. The fourth-order valence-corrected chi connectivity index (χ4v) is 1.30. The molecule has 1 amide bonds. The van der Waals surface area contributed by atoms with Gasteiger partial charge in [-0.1, -0.05) is 11.6 Å². The molecule has 5 heteroatoms. The number of hydrogen-bond donors (Lipinski definition) is 1. The first-order chi connectivity index (χ1) is 7.59. The zero-order valence-corrected chi connectivity index (χ0v) is 10.1. The Balaban J connectivity index is 2.31. The van der Waals surface area contributed by atoms with E-state index in [4.69, 9.17) is 16.3 Å². The van der Waals surface area contributed by atoms with Gasteiger partial charge in [-0.25, -0.2) is 4.98 Å². The molecule has 16 heavy (non-hydrogen) atoms. The van der Waals surface area contributed by atoms with Crippen molar-refractivity contribution in [3.8, 4) is 5.75 Å². The van der Waals surface area contributed by atoms with Crippen molar-refractivity contribution < 1.29 is 9.53 Å². The smallest absolute Gasteiger partial charge is 0.223 e. The van der Waals surface area contributed by atoms with Crippen molar-refractivity contribution in [3.05, 3.63) is 23.5 Å². The van der Waals surface area contributed by atoms with Gasteiger partial charge in [0.1, 0.15) is 0 Å². The van der Waals surface area contributed by atoms with Crippen molar-refractivity contribution in [2.75, 3.05) is 6.61 Å². The topological polar surface area (TPSA) is 51.2 Å². The summed E-state index contributed by atoms with van der Waals surface area (Å²) in [6, 6.07) is 3.60. The van der Waals surface area contributed by atoms with Gasteiger partial charge >= 0.3 is 0 Å². The fourth-order valence-electron chi connectivity index (χ4n) is 1.13. The van der Waals surface area contributed by atoms with Crippen LogP contribution in [0.5, 0.6) is 5.75 Å². The Morgan fingerprint density at radius 3 is 3.00 bits per heavy atom. The van der Waals surface area contributed by atoms with Gasteiger partial charge in [-0.3, -0.25) is 4.79 Å². The number of hydrogen-bond acceptors (Lipinski definition) is 3. The second-order valence-corrected chi connectivity index (χ2v) is 3.97. The summed E-state index contributed by atoms with van der Waals surface area (Å²) in [6.45, 7) is 4.12. The van der Waals surface area contributed by atoms with Gasteiger partial charge in [-0.05, 0) is 26.0 Å². The summed E-state index contributed by atoms with van der Waals surface area (Å²) in [7, 11) is 0. The van der Waals surface area contributed by atoms with Crippen LogP contribution in [0.1, 0.15) is 20.3 Å². The summed E-state index contributed by atoms with van der Waals surface area (Å²) in [6.07, 6.45) is 1.89. The Morgan fingerprint density at radius 2 is 2.38 bits per heavy atom. The van der Waals surface area contributed by atoms with E-state index in [1.807, 2.05) is 13.8 Å². The standard InChI is InChI=1S/C11H15ClN2O2/c1-8(2)14-10(15)5-7-16-9-4-3-6-13-11(9)12/h3-4,6,8H,5,7H2,1-2H3,(H,14,15). The second-order valence-electron chi connectivity index (χ2n) is 3.61. The molecule has 1 aromatic heterocycles. The van der Waals surface area contributed by atoms with Crippen LogP contribution < -0.4 is 10.1 Å². The maximum Gasteiger partial charge on any atom is 0.223 e. The number of aromatic nitrogens is 1. The van der Waals surface area contributed by atoms with Crippen molar-refractivity contribution in [1.29, 1.82) is 0 Å². The fraction of sp³-hybridized carbons (Fsp3) is 0.455. The summed E-state index contributed by atoms with van der Waals surface area (Å²) in [5, 5.41) is 3.09. The molecule has 4 nitrogen and oxygen atoms in total. The number of amides is 1. The molecule has 0 aliphatic heterocycles. The predicted octanol–water partition coefficient (Wildman–Crippen LogP) is 2.03. The number of carbonyl (C=O) groups excluding carboxylic acids is 1. The highest BCUT2D eigenvalue weighted by molar-refractivity contribution is 6.30. The molecule has 0 unspecified atom stereocenters. The summed E-state index contributed by atoms with van der Waals surface area (Å²) in [5.41, 5.74) is 0. The Bertz CT molecular complexity index is 356. The molecule has 0 bridgehead atoms. The average molecular weight is 243 g/mol. The van der Waals surface area contributed by atoms with Crippen molar-refractivity contribution in [1.82, 2.24) is 10.3 Å². The maximum absolute atomic E-state index is 11.3. The molecule has 1 N–H and O–H groups in total. The number of nitrogens with zero attached hydrogens (tertiary/aromatic N) is 1. The molecule has 88 valence electrons. The number of ether oxygens (including phenoxy) is 1. The molecule has 0 spiro atoms. The SMILES string of the molecule is CC(C)NC(=O)CCOc1cccnc1Cl. The lowest BCUT2D eigenvalue weighted by atomic mass is 10.3. The Morgan fingerprint density at radius 1 is 1.62 bits per heavy atom. The van der Waals surface area contributed by atoms with Gasteiger partial charge in [0.2, 0.25) is 5.91 Å². The van der Waals surface area contributed by atoms with Gasteiger partial charge in [0.25, 0.3) is 0 Å². The number of rotatable bonds is 5. The number of nitrogens with one attached hydrogen (secondary N) is 1. The molecule has 0 saturated carbocycles. The van der Waals surface area contributed by atoms with Crippen LogP contribution in [0, 0.1) is 0 Å². The van der Waals surface area contributed by atoms with Crippen molar-refractivity contribution in [3.63, 3.8) is 0 Å². The van der Waals surface area contributed by atoms with E-state index < -0.39 is 0 Å². The zero-order chi connectivity index (χ0) is 12.0. The molecule has 1 rings (SSSR count). The molecule has 1 heterocycles. The molecule has 0 radical (unpaired) electrons. The molecular formula is C11H15ClN2O2. The molecule has 1 aromatic rings. The van der Waals surface area contributed by atoms with E-state index in [-0.39, 0.29) is 11.9 Å². The van der Waals surface area contributed by atoms with Crippen LogP contribution in [0.3, 0.4) is 0 Å².